The SMILES string of the molecule is C=CC(=O)Nc1ccc(-c2c3c4c(ncnc4n2C)NCc2cc(C(=O)NC4CC(F)C4)ccc2-3)cc1. The van der Waals surface area contributed by atoms with E-state index >= 15 is 0 Å². The Labute approximate surface area is 212 Å². The molecule has 0 bridgehead atoms. The van der Waals surface area contributed by atoms with Gasteiger partial charge in [0.2, 0.25) is 5.91 Å². The summed E-state index contributed by atoms with van der Waals surface area (Å²) < 4.78 is 15.2. The minimum atomic E-state index is -0.826. The molecule has 6 rings (SSSR count). The van der Waals surface area contributed by atoms with Crippen LogP contribution in [0.3, 0.4) is 0 Å². The highest BCUT2D eigenvalue weighted by Gasteiger charge is 2.31. The molecular formula is C28H25FN6O2. The summed E-state index contributed by atoms with van der Waals surface area (Å²) in [5, 5.41) is 10.0. The van der Waals surface area contributed by atoms with Crippen LogP contribution in [0.4, 0.5) is 15.9 Å². The molecule has 8 nitrogen and oxygen atoms in total. The monoisotopic (exact) mass is 496 g/mol. The molecule has 2 aromatic heterocycles. The predicted octanol–water partition coefficient (Wildman–Crippen LogP) is 4.58. The lowest BCUT2D eigenvalue weighted by Gasteiger charge is -2.30. The van der Waals surface area contributed by atoms with E-state index in [1.807, 2.05) is 54.1 Å². The molecule has 0 saturated heterocycles. The largest absolute Gasteiger partial charge is 0.365 e. The molecule has 2 aliphatic rings. The number of benzene rings is 2. The van der Waals surface area contributed by atoms with Gasteiger partial charge in [0.25, 0.3) is 5.91 Å². The smallest absolute Gasteiger partial charge is 0.251 e. The molecule has 1 saturated carbocycles. The van der Waals surface area contributed by atoms with Crippen LogP contribution in [0.5, 0.6) is 0 Å². The second-order valence-corrected chi connectivity index (χ2v) is 9.44. The van der Waals surface area contributed by atoms with Gasteiger partial charge in [-0.25, -0.2) is 14.4 Å². The van der Waals surface area contributed by atoms with Crippen LogP contribution in [0.2, 0.25) is 0 Å². The van der Waals surface area contributed by atoms with E-state index in [9.17, 15) is 14.0 Å². The fourth-order valence-electron chi connectivity index (χ4n) is 5.13. The number of anilines is 2. The molecule has 186 valence electrons. The summed E-state index contributed by atoms with van der Waals surface area (Å²) in [7, 11) is 1.96. The van der Waals surface area contributed by atoms with Crippen molar-refractivity contribution in [3.8, 4) is 22.4 Å². The zero-order chi connectivity index (χ0) is 25.7. The van der Waals surface area contributed by atoms with E-state index in [0.717, 1.165) is 44.8 Å². The highest BCUT2D eigenvalue weighted by Crippen LogP contribution is 2.45. The molecule has 1 aliphatic heterocycles. The zero-order valence-electron chi connectivity index (χ0n) is 20.2. The lowest BCUT2D eigenvalue weighted by atomic mass is 9.90. The first-order valence-electron chi connectivity index (χ1n) is 12.1. The molecule has 0 unspecified atom stereocenters. The van der Waals surface area contributed by atoms with Crippen LogP contribution in [0.25, 0.3) is 33.4 Å². The summed E-state index contributed by atoms with van der Waals surface area (Å²) in [6, 6.07) is 13.1. The molecule has 1 aliphatic carbocycles. The third kappa shape index (κ3) is 3.92. The van der Waals surface area contributed by atoms with E-state index in [4.69, 9.17) is 0 Å². The standard InChI is InChI=1S/C28H25FN6O2/c1-3-22(36)33-19-7-4-15(5-8-19)25-23-21-9-6-16(28(37)34-20-11-18(29)12-20)10-17(21)13-30-26-24(23)27(35(25)2)32-14-31-26/h3-10,14,18,20H,1,11-13H2,2H3,(H,33,36)(H,34,37)(H,30,31,32). The molecule has 0 spiro atoms. The minimum Gasteiger partial charge on any atom is -0.365 e. The van der Waals surface area contributed by atoms with Gasteiger partial charge in [0.05, 0.1) is 11.1 Å². The zero-order valence-corrected chi connectivity index (χ0v) is 20.2. The van der Waals surface area contributed by atoms with Crippen LogP contribution in [-0.2, 0) is 18.4 Å². The summed E-state index contributed by atoms with van der Waals surface area (Å²) in [5.74, 6) is 0.254. The number of aromatic nitrogens is 3. The number of nitrogens with zero attached hydrogens (tertiary/aromatic N) is 3. The fraction of sp³-hybridized carbons (Fsp3) is 0.214. The number of nitrogens with one attached hydrogen (secondary N) is 3. The van der Waals surface area contributed by atoms with Crippen molar-refractivity contribution < 1.29 is 14.0 Å². The van der Waals surface area contributed by atoms with Gasteiger partial charge in [-0.1, -0.05) is 24.8 Å². The third-order valence-corrected chi connectivity index (χ3v) is 7.08. The number of alkyl halides is 1. The van der Waals surface area contributed by atoms with Crippen LogP contribution >= 0.6 is 0 Å². The normalized spacial score (nSPS) is 17.7. The Hall–Kier alpha value is -4.53. The van der Waals surface area contributed by atoms with Crippen molar-refractivity contribution in [2.24, 2.45) is 7.05 Å². The van der Waals surface area contributed by atoms with Crippen molar-refractivity contribution in [1.82, 2.24) is 19.9 Å². The van der Waals surface area contributed by atoms with Gasteiger partial charge in [-0.3, -0.25) is 9.59 Å². The van der Waals surface area contributed by atoms with Crippen molar-refractivity contribution in [3.63, 3.8) is 0 Å². The van der Waals surface area contributed by atoms with E-state index in [1.165, 1.54) is 12.4 Å². The topological polar surface area (TPSA) is 101 Å². The number of carbonyl (C=O) groups is 2. The number of carbonyl (C=O) groups excluding carboxylic acids is 2. The Balaban J connectivity index is 1.45. The maximum atomic E-state index is 13.2. The predicted molar refractivity (Wildman–Crippen MR) is 141 cm³/mol. The van der Waals surface area contributed by atoms with Crippen molar-refractivity contribution in [3.05, 3.63) is 72.6 Å². The number of hydrogen-bond donors (Lipinski definition) is 3. The van der Waals surface area contributed by atoms with Crippen LogP contribution in [0.15, 0.2) is 61.4 Å². The lowest BCUT2D eigenvalue weighted by Crippen LogP contribution is -2.45. The summed E-state index contributed by atoms with van der Waals surface area (Å²) in [6.45, 7) is 3.98. The highest BCUT2D eigenvalue weighted by molar-refractivity contribution is 6.10. The first kappa shape index (κ1) is 22.9. The highest BCUT2D eigenvalue weighted by atomic mass is 19.1. The number of hydrogen-bond acceptors (Lipinski definition) is 5. The van der Waals surface area contributed by atoms with Gasteiger partial charge < -0.3 is 20.5 Å². The Kier molecular flexibility index (Phi) is 5.48. The van der Waals surface area contributed by atoms with E-state index < -0.39 is 6.17 Å². The Morgan fingerprint density at radius 2 is 1.95 bits per heavy atom. The maximum Gasteiger partial charge on any atom is 0.251 e. The number of amides is 2. The van der Waals surface area contributed by atoms with E-state index in [2.05, 4.69) is 32.5 Å². The molecule has 1 fully saturated rings. The summed E-state index contributed by atoms with van der Waals surface area (Å²) >= 11 is 0. The number of rotatable bonds is 5. The average molecular weight is 497 g/mol. The second kappa shape index (κ2) is 8.85. The Bertz CT molecular complexity index is 1570. The molecule has 9 heteroatoms. The first-order chi connectivity index (χ1) is 17.9. The van der Waals surface area contributed by atoms with E-state index in [1.54, 1.807) is 0 Å². The average Bonchev–Trinajstić information content (AvgIpc) is 3.08. The van der Waals surface area contributed by atoms with Crippen LogP contribution in [0.1, 0.15) is 28.8 Å². The van der Waals surface area contributed by atoms with Gasteiger partial charge in [0.15, 0.2) is 0 Å². The molecule has 4 aromatic rings. The van der Waals surface area contributed by atoms with Crippen LogP contribution < -0.4 is 16.0 Å². The van der Waals surface area contributed by atoms with E-state index in [-0.39, 0.29) is 17.9 Å². The van der Waals surface area contributed by atoms with E-state index in [0.29, 0.717) is 30.6 Å². The van der Waals surface area contributed by atoms with Crippen molar-refractivity contribution in [1.29, 1.82) is 0 Å². The Morgan fingerprint density at radius 1 is 1.16 bits per heavy atom. The molecule has 2 amide bonds. The van der Waals surface area contributed by atoms with Gasteiger partial charge in [0, 0.05) is 36.4 Å². The van der Waals surface area contributed by atoms with Crippen molar-refractivity contribution in [2.45, 2.75) is 31.6 Å². The molecule has 37 heavy (non-hydrogen) atoms. The van der Waals surface area contributed by atoms with Crippen LogP contribution in [-0.4, -0.2) is 38.6 Å². The molecule has 3 heterocycles. The Morgan fingerprint density at radius 3 is 2.68 bits per heavy atom. The molecule has 2 aromatic carbocycles. The van der Waals surface area contributed by atoms with Gasteiger partial charge in [-0.2, -0.15) is 0 Å². The number of aryl methyl sites for hydroxylation is 1. The minimum absolute atomic E-state index is 0.112. The molecular weight excluding hydrogens is 471 g/mol. The van der Waals surface area contributed by atoms with Gasteiger partial charge in [0.1, 0.15) is 24.0 Å². The van der Waals surface area contributed by atoms with Crippen molar-refractivity contribution >= 4 is 34.4 Å². The lowest BCUT2D eigenvalue weighted by molar-refractivity contribution is -0.111. The number of fused-ring (bicyclic) bond motifs is 2. The fourth-order valence-corrected chi connectivity index (χ4v) is 5.13. The van der Waals surface area contributed by atoms with Crippen LogP contribution in [0, 0.1) is 0 Å². The second-order valence-electron chi connectivity index (χ2n) is 9.44. The van der Waals surface area contributed by atoms with Gasteiger partial charge >= 0.3 is 0 Å². The molecule has 0 radical (unpaired) electrons. The molecule has 0 atom stereocenters. The van der Waals surface area contributed by atoms with Crippen molar-refractivity contribution in [2.75, 3.05) is 10.6 Å². The summed E-state index contributed by atoms with van der Waals surface area (Å²) in [6.07, 6.45) is 2.68. The summed E-state index contributed by atoms with van der Waals surface area (Å²) in [5.41, 5.74) is 6.79. The third-order valence-electron chi connectivity index (χ3n) is 7.08. The first-order valence-corrected chi connectivity index (χ1v) is 12.1. The maximum absolute atomic E-state index is 13.2. The van der Waals surface area contributed by atoms with Gasteiger partial charge in [-0.15, -0.1) is 0 Å². The molecule has 3 N–H and O–H groups in total. The van der Waals surface area contributed by atoms with Gasteiger partial charge in [-0.05, 0) is 59.9 Å². The summed E-state index contributed by atoms with van der Waals surface area (Å²) in [4.78, 5) is 33.6. The number of halogens is 1. The quantitative estimate of drug-likeness (QED) is 0.351.